The summed E-state index contributed by atoms with van der Waals surface area (Å²) in [5.41, 5.74) is 7.27. The Bertz CT molecular complexity index is 1160. The first-order valence-electron chi connectivity index (χ1n) is 9.07. The number of aromatic nitrogens is 3. The van der Waals surface area contributed by atoms with Crippen LogP contribution in [0.15, 0.2) is 42.7 Å². The molecule has 2 aromatic heterocycles. The largest absolute Gasteiger partial charge is 0.382 e. The second-order valence-electron chi connectivity index (χ2n) is 7.73. The van der Waals surface area contributed by atoms with E-state index in [0.29, 0.717) is 35.3 Å². The molecule has 0 saturated heterocycles. The number of benzene rings is 1. The Morgan fingerprint density at radius 3 is 2.71 bits per heavy atom. The summed E-state index contributed by atoms with van der Waals surface area (Å²) in [5.74, 6) is 5.86. The van der Waals surface area contributed by atoms with Gasteiger partial charge in [0.25, 0.3) is 0 Å². The number of Topliss-reactive ketones (excluding diaryl/α,β-unsaturated/α-hetero) is 1. The van der Waals surface area contributed by atoms with Crippen LogP contribution in [-0.4, -0.2) is 31.4 Å². The fraction of sp³-hybridized carbons (Fsp3) is 0.273. The number of rotatable bonds is 1. The number of carbonyl (C=O) groups is 1. The minimum atomic E-state index is -1.58. The van der Waals surface area contributed by atoms with Crippen LogP contribution in [0.5, 0.6) is 0 Å². The fourth-order valence-corrected chi connectivity index (χ4v) is 3.45. The molecule has 0 radical (unpaired) electrons. The Labute approximate surface area is 162 Å². The van der Waals surface area contributed by atoms with Gasteiger partial charge in [-0.1, -0.05) is 37.8 Å². The summed E-state index contributed by atoms with van der Waals surface area (Å²) in [6, 6.07) is 11.2. The minimum Gasteiger partial charge on any atom is -0.382 e. The first kappa shape index (κ1) is 18.1. The summed E-state index contributed by atoms with van der Waals surface area (Å²) >= 11 is 0. The Balaban J connectivity index is 1.69. The van der Waals surface area contributed by atoms with E-state index in [1.807, 2.05) is 50.2 Å². The molecule has 140 valence electrons. The molecule has 6 nitrogen and oxygen atoms in total. The maximum absolute atomic E-state index is 12.4. The molecule has 0 aliphatic heterocycles. The van der Waals surface area contributed by atoms with E-state index >= 15 is 0 Å². The van der Waals surface area contributed by atoms with Crippen LogP contribution in [0, 0.1) is 17.3 Å². The zero-order valence-electron chi connectivity index (χ0n) is 15.7. The third kappa shape index (κ3) is 3.10. The predicted molar refractivity (Wildman–Crippen MR) is 107 cm³/mol. The third-order valence-electron chi connectivity index (χ3n) is 5.18. The van der Waals surface area contributed by atoms with E-state index in [1.165, 1.54) is 6.33 Å². The number of hydrogen-bond donors (Lipinski definition) is 2. The zero-order chi connectivity index (χ0) is 19.9. The number of carbonyl (C=O) groups excluding carboxylic acids is 1. The molecular formula is C22H20N4O2. The van der Waals surface area contributed by atoms with Gasteiger partial charge in [-0.3, -0.25) is 4.79 Å². The summed E-state index contributed by atoms with van der Waals surface area (Å²) < 4.78 is 0. The molecule has 0 spiro atoms. The molecule has 1 atom stereocenters. The molecule has 6 heteroatoms. The Morgan fingerprint density at radius 1 is 1.14 bits per heavy atom. The van der Waals surface area contributed by atoms with Crippen LogP contribution in [0.3, 0.4) is 0 Å². The van der Waals surface area contributed by atoms with Crippen LogP contribution in [0.2, 0.25) is 0 Å². The van der Waals surface area contributed by atoms with Crippen molar-refractivity contribution in [3.05, 3.63) is 48.3 Å². The molecule has 1 aromatic carbocycles. The number of nitrogens with two attached hydrogens (primary N) is 1. The summed E-state index contributed by atoms with van der Waals surface area (Å²) in [6.45, 7) is 3.69. The first-order valence-corrected chi connectivity index (χ1v) is 9.07. The highest BCUT2D eigenvalue weighted by molar-refractivity contribution is 5.97. The van der Waals surface area contributed by atoms with Gasteiger partial charge in [0.15, 0.2) is 17.2 Å². The average molecular weight is 372 g/mol. The lowest BCUT2D eigenvalue weighted by Crippen LogP contribution is -2.37. The van der Waals surface area contributed by atoms with Crippen molar-refractivity contribution >= 4 is 22.6 Å². The lowest BCUT2D eigenvalue weighted by Gasteiger charge is -2.18. The van der Waals surface area contributed by atoms with Crippen molar-refractivity contribution in [1.82, 2.24) is 15.0 Å². The Kier molecular flexibility index (Phi) is 4.13. The van der Waals surface area contributed by atoms with Gasteiger partial charge in [0.2, 0.25) is 0 Å². The summed E-state index contributed by atoms with van der Waals surface area (Å²) in [5, 5.41) is 10.6. The lowest BCUT2D eigenvalue weighted by atomic mass is 9.87. The Morgan fingerprint density at radius 2 is 1.96 bits per heavy atom. The van der Waals surface area contributed by atoms with Crippen LogP contribution < -0.4 is 5.73 Å². The lowest BCUT2D eigenvalue weighted by molar-refractivity contribution is -0.135. The van der Waals surface area contributed by atoms with Gasteiger partial charge in [-0.15, -0.1) is 0 Å². The minimum absolute atomic E-state index is 0.213. The number of nitrogen functional groups attached to an aromatic ring is 1. The monoisotopic (exact) mass is 372 g/mol. The highest BCUT2D eigenvalue weighted by atomic mass is 16.3. The Hall–Kier alpha value is -3.30. The maximum atomic E-state index is 12.4. The van der Waals surface area contributed by atoms with Crippen molar-refractivity contribution < 1.29 is 9.90 Å². The van der Waals surface area contributed by atoms with Gasteiger partial charge < -0.3 is 10.8 Å². The standard InChI is InChI=1S/C22H20N4O2/c1-21(2)10-11-22(28,20(21)27)9-8-14-4-3-5-15(12-14)16-6-7-17-18(26-16)19(23)25-13-24-17/h3-7,12-13,28H,10-11H2,1-2H3,(H2,23,24,25)/t22-/m1/s1. The van der Waals surface area contributed by atoms with E-state index < -0.39 is 11.0 Å². The summed E-state index contributed by atoms with van der Waals surface area (Å²) in [4.78, 5) is 25.1. The molecule has 28 heavy (non-hydrogen) atoms. The number of aliphatic hydroxyl groups is 1. The number of nitrogens with zero attached hydrogens (tertiary/aromatic N) is 3. The summed E-state index contributed by atoms with van der Waals surface area (Å²) in [7, 11) is 0. The number of anilines is 1. The second-order valence-corrected chi connectivity index (χ2v) is 7.73. The normalized spacial score (nSPS) is 20.8. The smallest absolute Gasteiger partial charge is 0.185 e. The third-order valence-corrected chi connectivity index (χ3v) is 5.18. The predicted octanol–water partition coefficient (Wildman–Crippen LogP) is 2.75. The maximum Gasteiger partial charge on any atom is 0.185 e. The topological polar surface area (TPSA) is 102 Å². The fourth-order valence-electron chi connectivity index (χ4n) is 3.45. The molecule has 3 aromatic rings. The second kappa shape index (κ2) is 6.39. The van der Waals surface area contributed by atoms with Crippen LogP contribution >= 0.6 is 0 Å². The molecule has 1 aliphatic rings. The molecule has 0 unspecified atom stereocenters. The molecule has 1 fully saturated rings. The van der Waals surface area contributed by atoms with Crippen LogP contribution in [0.1, 0.15) is 32.3 Å². The number of hydrogen-bond acceptors (Lipinski definition) is 6. The molecule has 3 N–H and O–H groups in total. The average Bonchev–Trinajstić information content (AvgIpc) is 2.90. The van der Waals surface area contributed by atoms with Crippen molar-refractivity contribution in [2.75, 3.05) is 5.73 Å². The molecule has 2 heterocycles. The SMILES string of the molecule is CC1(C)CC[C@](O)(C#Cc2cccc(-c3ccc4ncnc(N)c4n3)c2)C1=O. The highest BCUT2D eigenvalue weighted by Crippen LogP contribution is 2.39. The van der Waals surface area contributed by atoms with Crippen molar-refractivity contribution in [3.63, 3.8) is 0 Å². The molecular weight excluding hydrogens is 352 g/mol. The van der Waals surface area contributed by atoms with Gasteiger partial charge >= 0.3 is 0 Å². The molecule has 1 saturated carbocycles. The molecule has 0 amide bonds. The van der Waals surface area contributed by atoms with E-state index in [-0.39, 0.29) is 5.78 Å². The zero-order valence-corrected chi connectivity index (χ0v) is 15.7. The van der Waals surface area contributed by atoms with Crippen LogP contribution in [0.25, 0.3) is 22.3 Å². The van der Waals surface area contributed by atoms with E-state index in [9.17, 15) is 9.90 Å². The number of pyridine rings is 1. The van der Waals surface area contributed by atoms with Crippen molar-refractivity contribution in [2.24, 2.45) is 5.41 Å². The highest BCUT2D eigenvalue weighted by Gasteiger charge is 2.50. The van der Waals surface area contributed by atoms with Gasteiger partial charge in [0, 0.05) is 16.5 Å². The van der Waals surface area contributed by atoms with Gasteiger partial charge in [-0.05, 0) is 37.1 Å². The van der Waals surface area contributed by atoms with Crippen LogP contribution in [-0.2, 0) is 4.79 Å². The molecule has 1 aliphatic carbocycles. The quantitative estimate of drug-likeness (QED) is 0.637. The first-order chi connectivity index (χ1) is 13.3. The van der Waals surface area contributed by atoms with E-state index in [2.05, 4.69) is 26.8 Å². The van der Waals surface area contributed by atoms with Crippen molar-refractivity contribution in [2.45, 2.75) is 32.3 Å². The number of fused-ring (bicyclic) bond motifs is 1. The van der Waals surface area contributed by atoms with Gasteiger partial charge in [-0.25, -0.2) is 15.0 Å². The molecule has 4 rings (SSSR count). The summed E-state index contributed by atoms with van der Waals surface area (Å²) in [6.07, 6.45) is 2.39. The van der Waals surface area contributed by atoms with Crippen molar-refractivity contribution in [1.29, 1.82) is 0 Å². The molecule has 0 bridgehead atoms. The van der Waals surface area contributed by atoms with Gasteiger partial charge in [0.1, 0.15) is 11.8 Å². The van der Waals surface area contributed by atoms with E-state index in [1.54, 1.807) is 0 Å². The van der Waals surface area contributed by atoms with E-state index in [4.69, 9.17) is 5.73 Å². The van der Waals surface area contributed by atoms with Gasteiger partial charge in [-0.2, -0.15) is 0 Å². The van der Waals surface area contributed by atoms with Crippen molar-refractivity contribution in [3.8, 4) is 23.1 Å². The van der Waals surface area contributed by atoms with Crippen LogP contribution in [0.4, 0.5) is 5.82 Å². The van der Waals surface area contributed by atoms with E-state index in [0.717, 1.165) is 11.3 Å². The number of ketones is 1. The van der Waals surface area contributed by atoms with Gasteiger partial charge in [0.05, 0.1) is 11.2 Å².